The zero-order valence-corrected chi connectivity index (χ0v) is 21.6. The number of carbonyl (C=O) groups excluding carboxylic acids is 2. The number of halogens is 2. The molecule has 2 amide bonds. The van der Waals surface area contributed by atoms with Crippen LogP contribution in [0.3, 0.4) is 0 Å². The van der Waals surface area contributed by atoms with E-state index in [1.54, 1.807) is 26.0 Å². The maximum absolute atomic E-state index is 13.5. The van der Waals surface area contributed by atoms with E-state index >= 15 is 0 Å². The molecular weight excluding hydrogens is 481 g/mol. The Labute approximate surface area is 205 Å². The standard InChI is InChI=1S/C24H31ClFN3O4S/c1-6-17(3)27-24(31)18(4)28(14-19-8-11-21(26)12-9-19)23(30)15-29(34(5,32)33)22-13-20(25)10-7-16(22)2/h7-13,17-18H,6,14-15H2,1-5H3,(H,27,31)/t17-,18-/m0/s1. The highest BCUT2D eigenvalue weighted by molar-refractivity contribution is 7.92. The van der Waals surface area contributed by atoms with Crippen LogP contribution in [0.4, 0.5) is 10.1 Å². The number of aryl methyl sites for hydroxylation is 1. The largest absolute Gasteiger partial charge is 0.352 e. The van der Waals surface area contributed by atoms with Crippen molar-refractivity contribution in [2.24, 2.45) is 0 Å². The fourth-order valence-electron chi connectivity index (χ4n) is 3.28. The van der Waals surface area contributed by atoms with Crippen molar-refractivity contribution in [3.63, 3.8) is 0 Å². The zero-order valence-electron chi connectivity index (χ0n) is 20.0. The van der Waals surface area contributed by atoms with Gasteiger partial charge in [0.2, 0.25) is 21.8 Å². The normalized spacial score (nSPS) is 13.1. The van der Waals surface area contributed by atoms with Gasteiger partial charge in [-0.15, -0.1) is 0 Å². The molecule has 10 heteroatoms. The van der Waals surface area contributed by atoms with E-state index < -0.39 is 34.3 Å². The van der Waals surface area contributed by atoms with Crippen molar-refractivity contribution in [1.82, 2.24) is 10.2 Å². The third-order valence-corrected chi connectivity index (χ3v) is 6.92. The molecule has 2 rings (SSSR count). The molecule has 0 radical (unpaired) electrons. The molecule has 0 aliphatic carbocycles. The molecule has 7 nitrogen and oxygen atoms in total. The Morgan fingerprint density at radius 3 is 2.29 bits per heavy atom. The molecule has 1 N–H and O–H groups in total. The SMILES string of the molecule is CC[C@H](C)NC(=O)[C@H](C)N(Cc1ccc(F)cc1)C(=O)CN(c1cc(Cl)ccc1C)S(C)(=O)=O. The van der Waals surface area contributed by atoms with E-state index in [4.69, 9.17) is 11.6 Å². The predicted molar refractivity (Wildman–Crippen MR) is 133 cm³/mol. The molecule has 0 fully saturated rings. The number of benzene rings is 2. The average molecular weight is 512 g/mol. The lowest BCUT2D eigenvalue weighted by atomic mass is 10.1. The predicted octanol–water partition coefficient (Wildman–Crippen LogP) is 3.89. The van der Waals surface area contributed by atoms with Gasteiger partial charge in [-0.2, -0.15) is 0 Å². The summed E-state index contributed by atoms with van der Waals surface area (Å²) in [5.41, 5.74) is 1.50. The summed E-state index contributed by atoms with van der Waals surface area (Å²) in [7, 11) is -3.86. The van der Waals surface area contributed by atoms with Crippen LogP contribution in [0.25, 0.3) is 0 Å². The van der Waals surface area contributed by atoms with Gasteiger partial charge in [-0.05, 0) is 62.6 Å². The van der Waals surface area contributed by atoms with Crippen LogP contribution in [0.1, 0.15) is 38.3 Å². The Morgan fingerprint density at radius 1 is 1.12 bits per heavy atom. The molecule has 0 aromatic heterocycles. The van der Waals surface area contributed by atoms with Crippen LogP contribution < -0.4 is 9.62 Å². The van der Waals surface area contributed by atoms with E-state index in [0.29, 0.717) is 22.6 Å². The Morgan fingerprint density at radius 2 is 1.74 bits per heavy atom. The van der Waals surface area contributed by atoms with E-state index in [0.717, 1.165) is 10.6 Å². The van der Waals surface area contributed by atoms with Crippen LogP contribution in [-0.4, -0.2) is 50.0 Å². The second-order valence-corrected chi connectivity index (χ2v) is 10.7. The second kappa shape index (κ2) is 11.7. The number of anilines is 1. The lowest BCUT2D eigenvalue weighted by molar-refractivity contribution is -0.139. The average Bonchev–Trinajstić information content (AvgIpc) is 2.77. The minimum atomic E-state index is -3.86. The molecule has 2 aromatic rings. The second-order valence-electron chi connectivity index (χ2n) is 8.34. The summed E-state index contributed by atoms with van der Waals surface area (Å²) in [6, 6.07) is 9.35. The van der Waals surface area contributed by atoms with E-state index in [2.05, 4.69) is 5.32 Å². The maximum Gasteiger partial charge on any atom is 0.244 e. The fourth-order valence-corrected chi connectivity index (χ4v) is 4.35. The molecule has 0 spiro atoms. The summed E-state index contributed by atoms with van der Waals surface area (Å²) in [4.78, 5) is 27.6. The number of hydrogen-bond acceptors (Lipinski definition) is 4. The van der Waals surface area contributed by atoms with Gasteiger partial charge in [-0.1, -0.05) is 36.7 Å². The van der Waals surface area contributed by atoms with Crippen molar-refractivity contribution in [2.45, 2.75) is 52.7 Å². The summed E-state index contributed by atoms with van der Waals surface area (Å²) < 4.78 is 39.6. The Balaban J connectivity index is 2.42. The molecule has 0 heterocycles. The summed E-state index contributed by atoms with van der Waals surface area (Å²) >= 11 is 6.08. The molecule has 0 saturated carbocycles. The minimum Gasteiger partial charge on any atom is -0.352 e. The molecule has 0 unspecified atom stereocenters. The fraction of sp³-hybridized carbons (Fsp3) is 0.417. The number of nitrogens with zero attached hydrogens (tertiary/aromatic N) is 2. The van der Waals surface area contributed by atoms with Gasteiger partial charge >= 0.3 is 0 Å². The number of nitrogens with one attached hydrogen (secondary N) is 1. The van der Waals surface area contributed by atoms with Crippen LogP contribution in [0.15, 0.2) is 42.5 Å². The van der Waals surface area contributed by atoms with Crippen molar-refractivity contribution in [2.75, 3.05) is 17.1 Å². The zero-order chi connectivity index (χ0) is 25.6. The van der Waals surface area contributed by atoms with Crippen molar-refractivity contribution in [1.29, 1.82) is 0 Å². The van der Waals surface area contributed by atoms with Gasteiger partial charge in [0.05, 0.1) is 11.9 Å². The van der Waals surface area contributed by atoms with E-state index in [9.17, 15) is 22.4 Å². The van der Waals surface area contributed by atoms with Crippen LogP contribution in [0, 0.1) is 12.7 Å². The number of amides is 2. The summed E-state index contributed by atoms with van der Waals surface area (Å²) in [5, 5.41) is 3.17. The number of sulfonamides is 1. The maximum atomic E-state index is 13.5. The highest BCUT2D eigenvalue weighted by Crippen LogP contribution is 2.26. The minimum absolute atomic E-state index is 0.000333. The van der Waals surface area contributed by atoms with E-state index in [1.165, 1.54) is 35.2 Å². The van der Waals surface area contributed by atoms with Gasteiger partial charge < -0.3 is 10.2 Å². The van der Waals surface area contributed by atoms with E-state index in [1.807, 2.05) is 13.8 Å². The third kappa shape index (κ3) is 7.43. The first kappa shape index (κ1) is 27.6. The lowest BCUT2D eigenvalue weighted by Crippen LogP contribution is -2.52. The number of carbonyl (C=O) groups is 2. The molecule has 0 bridgehead atoms. The highest BCUT2D eigenvalue weighted by atomic mass is 35.5. The smallest absolute Gasteiger partial charge is 0.244 e. The molecule has 0 saturated heterocycles. The van der Waals surface area contributed by atoms with Crippen molar-refractivity contribution < 1.29 is 22.4 Å². The lowest BCUT2D eigenvalue weighted by Gasteiger charge is -2.32. The summed E-state index contributed by atoms with van der Waals surface area (Å²) in [5.74, 6) is -1.38. The molecule has 186 valence electrons. The Bertz CT molecular complexity index is 1130. The van der Waals surface area contributed by atoms with Gasteiger partial charge in [-0.25, -0.2) is 12.8 Å². The van der Waals surface area contributed by atoms with Crippen molar-refractivity contribution in [3.05, 3.63) is 64.4 Å². The Kier molecular flexibility index (Phi) is 9.46. The Hall–Kier alpha value is -2.65. The number of rotatable bonds is 10. The number of hydrogen-bond donors (Lipinski definition) is 1. The topological polar surface area (TPSA) is 86.8 Å². The third-order valence-electron chi connectivity index (χ3n) is 5.55. The summed E-state index contributed by atoms with van der Waals surface area (Å²) in [6.07, 6.45) is 1.71. The molecule has 2 atom stereocenters. The molecule has 34 heavy (non-hydrogen) atoms. The highest BCUT2D eigenvalue weighted by Gasteiger charge is 2.31. The van der Waals surface area contributed by atoms with Crippen LogP contribution in [0.2, 0.25) is 5.02 Å². The van der Waals surface area contributed by atoms with Gasteiger partial charge in [0.15, 0.2) is 0 Å². The van der Waals surface area contributed by atoms with Crippen molar-refractivity contribution >= 4 is 39.1 Å². The quantitative estimate of drug-likeness (QED) is 0.524. The molecule has 2 aromatic carbocycles. The first-order chi connectivity index (χ1) is 15.8. The van der Waals surface area contributed by atoms with Gasteiger partial charge in [0, 0.05) is 17.6 Å². The van der Waals surface area contributed by atoms with Gasteiger partial charge in [-0.3, -0.25) is 13.9 Å². The van der Waals surface area contributed by atoms with Gasteiger partial charge in [0.25, 0.3) is 0 Å². The monoisotopic (exact) mass is 511 g/mol. The first-order valence-electron chi connectivity index (χ1n) is 10.9. The van der Waals surface area contributed by atoms with Crippen LogP contribution >= 0.6 is 11.6 Å². The first-order valence-corrected chi connectivity index (χ1v) is 13.1. The van der Waals surface area contributed by atoms with Crippen LogP contribution in [0.5, 0.6) is 0 Å². The van der Waals surface area contributed by atoms with E-state index in [-0.39, 0.29) is 24.2 Å². The summed E-state index contributed by atoms with van der Waals surface area (Å²) in [6.45, 7) is 6.54. The van der Waals surface area contributed by atoms with Crippen LogP contribution in [-0.2, 0) is 26.2 Å². The molecule has 0 aliphatic heterocycles. The van der Waals surface area contributed by atoms with Gasteiger partial charge in [0.1, 0.15) is 18.4 Å². The molecular formula is C24H31ClFN3O4S. The molecule has 0 aliphatic rings. The van der Waals surface area contributed by atoms with Crippen molar-refractivity contribution in [3.8, 4) is 0 Å².